The number of rotatable bonds is 8. The van der Waals surface area contributed by atoms with Crippen molar-refractivity contribution in [2.45, 2.75) is 31.6 Å². The van der Waals surface area contributed by atoms with E-state index in [9.17, 15) is 13.2 Å². The number of hydrazone groups is 1. The first-order chi connectivity index (χ1) is 12.9. The Morgan fingerprint density at radius 2 is 1.78 bits per heavy atom. The maximum absolute atomic E-state index is 12.6. The Kier molecular flexibility index (Phi) is 7.27. The SMILES string of the molecule is CCN(CC)S(=O)(=O)c1cccc(C(=O)N/N=C/C(C)c2ccccc2)c1. The number of nitrogens with zero attached hydrogens (tertiary/aromatic N) is 2. The summed E-state index contributed by atoms with van der Waals surface area (Å²) in [5.74, 6) is -0.413. The van der Waals surface area contributed by atoms with Crippen molar-refractivity contribution >= 4 is 22.1 Å². The van der Waals surface area contributed by atoms with Crippen LogP contribution in [0.3, 0.4) is 0 Å². The Labute approximate surface area is 161 Å². The summed E-state index contributed by atoms with van der Waals surface area (Å²) in [6.45, 7) is 6.27. The van der Waals surface area contributed by atoms with Crippen molar-refractivity contribution in [1.82, 2.24) is 9.73 Å². The van der Waals surface area contributed by atoms with Crippen LogP contribution >= 0.6 is 0 Å². The van der Waals surface area contributed by atoms with Crippen LogP contribution < -0.4 is 5.43 Å². The third kappa shape index (κ3) is 5.24. The molecule has 6 nitrogen and oxygen atoms in total. The smallest absolute Gasteiger partial charge is 0.267 e. The summed E-state index contributed by atoms with van der Waals surface area (Å²) in [6, 6.07) is 15.8. The molecule has 144 valence electrons. The Morgan fingerprint density at radius 1 is 1.11 bits per heavy atom. The molecular formula is C20H25N3O3S. The Morgan fingerprint density at radius 3 is 2.41 bits per heavy atom. The molecule has 0 fully saturated rings. The van der Waals surface area contributed by atoms with Gasteiger partial charge in [0.15, 0.2) is 0 Å². The summed E-state index contributed by atoms with van der Waals surface area (Å²) in [6.07, 6.45) is 1.64. The molecule has 0 aliphatic heterocycles. The first-order valence-electron chi connectivity index (χ1n) is 8.88. The van der Waals surface area contributed by atoms with Gasteiger partial charge < -0.3 is 0 Å². The van der Waals surface area contributed by atoms with Gasteiger partial charge in [-0.15, -0.1) is 0 Å². The molecule has 0 bridgehead atoms. The summed E-state index contributed by atoms with van der Waals surface area (Å²) in [5, 5.41) is 4.00. The van der Waals surface area contributed by atoms with Crippen LogP contribution in [0.15, 0.2) is 64.6 Å². The fourth-order valence-electron chi connectivity index (χ4n) is 2.63. The quantitative estimate of drug-likeness (QED) is 0.558. The van der Waals surface area contributed by atoms with Gasteiger partial charge in [0.2, 0.25) is 10.0 Å². The van der Waals surface area contributed by atoms with Crippen molar-refractivity contribution in [3.8, 4) is 0 Å². The minimum atomic E-state index is -3.61. The second-order valence-electron chi connectivity index (χ2n) is 6.04. The molecule has 2 aromatic carbocycles. The van der Waals surface area contributed by atoms with E-state index in [1.165, 1.54) is 16.4 Å². The predicted molar refractivity (Wildman–Crippen MR) is 107 cm³/mol. The molecule has 1 atom stereocenters. The Balaban J connectivity index is 2.10. The van der Waals surface area contributed by atoms with Gasteiger partial charge in [-0.2, -0.15) is 9.41 Å². The molecule has 2 aromatic rings. The number of carbonyl (C=O) groups excluding carboxylic acids is 1. The topological polar surface area (TPSA) is 78.8 Å². The highest BCUT2D eigenvalue weighted by Gasteiger charge is 2.22. The second kappa shape index (κ2) is 9.43. The van der Waals surface area contributed by atoms with Crippen LogP contribution in [0.25, 0.3) is 0 Å². The molecule has 1 unspecified atom stereocenters. The van der Waals surface area contributed by atoms with Gasteiger partial charge in [0, 0.05) is 30.8 Å². The Hall–Kier alpha value is -2.51. The largest absolute Gasteiger partial charge is 0.271 e. The molecule has 0 aliphatic rings. The summed E-state index contributed by atoms with van der Waals surface area (Å²) >= 11 is 0. The molecule has 1 amide bonds. The number of amides is 1. The van der Waals surface area contributed by atoms with Gasteiger partial charge in [0.05, 0.1) is 4.90 Å². The monoisotopic (exact) mass is 387 g/mol. The predicted octanol–water partition coefficient (Wildman–Crippen LogP) is 3.24. The zero-order chi connectivity index (χ0) is 19.9. The normalized spacial score (nSPS) is 13.0. The number of hydrogen-bond acceptors (Lipinski definition) is 4. The number of nitrogens with one attached hydrogen (secondary N) is 1. The van der Waals surface area contributed by atoms with Crippen LogP contribution in [0.5, 0.6) is 0 Å². The van der Waals surface area contributed by atoms with Crippen molar-refractivity contribution < 1.29 is 13.2 Å². The van der Waals surface area contributed by atoms with Crippen LogP contribution in [0.4, 0.5) is 0 Å². The minimum absolute atomic E-state index is 0.0425. The number of hydrogen-bond donors (Lipinski definition) is 1. The second-order valence-corrected chi connectivity index (χ2v) is 7.97. The van der Waals surface area contributed by atoms with E-state index < -0.39 is 15.9 Å². The van der Waals surface area contributed by atoms with Crippen LogP contribution in [0.2, 0.25) is 0 Å². The van der Waals surface area contributed by atoms with E-state index in [1.54, 1.807) is 32.2 Å². The van der Waals surface area contributed by atoms with Crippen molar-refractivity contribution in [3.63, 3.8) is 0 Å². The zero-order valence-corrected chi connectivity index (χ0v) is 16.6. The molecule has 0 radical (unpaired) electrons. The highest BCUT2D eigenvalue weighted by Crippen LogP contribution is 2.17. The van der Waals surface area contributed by atoms with Gasteiger partial charge in [-0.05, 0) is 23.8 Å². The molecule has 0 saturated carbocycles. The van der Waals surface area contributed by atoms with Crippen LogP contribution in [0, 0.1) is 0 Å². The highest BCUT2D eigenvalue weighted by molar-refractivity contribution is 7.89. The van der Waals surface area contributed by atoms with E-state index >= 15 is 0 Å². The number of sulfonamides is 1. The lowest BCUT2D eigenvalue weighted by molar-refractivity contribution is 0.0955. The lowest BCUT2D eigenvalue weighted by Crippen LogP contribution is -2.30. The van der Waals surface area contributed by atoms with Gasteiger partial charge >= 0.3 is 0 Å². The van der Waals surface area contributed by atoms with E-state index in [2.05, 4.69) is 10.5 Å². The van der Waals surface area contributed by atoms with Crippen LogP contribution in [0.1, 0.15) is 42.6 Å². The molecule has 0 spiro atoms. The average Bonchev–Trinajstić information content (AvgIpc) is 2.69. The summed E-state index contributed by atoms with van der Waals surface area (Å²) in [5.41, 5.74) is 3.79. The Bertz CT molecular complexity index is 892. The lowest BCUT2D eigenvalue weighted by atomic mass is 10.0. The van der Waals surface area contributed by atoms with Gasteiger partial charge in [-0.3, -0.25) is 4.79 Å². The molecule has 1 N–H and O–H groups in total. The van der Waals surface area contributed by atoms with Gasteiger partial charge in [-0.25, -0.2) is 13.8 Å². The number of benzene rings is 2. The highest BCUT2D eigenvalue weighted by atomic mass is 32.2. The number of carbonyl (C=O) groups is 1. The van der Waals surface area contributed by atoms with Crippen molar-refractivity contribution in [2.24, 2.45) is 5.10 Å². The third-order valence-electron chi connectivity index (χ3n) is 4.23. The van der Waals surface area contributed by atoms with E-state index in [4.69, 9.17) is 0 Å². The maximum atomic E-state index is 12.6. The summed E-state index contributed by atoms with van der Waals surface area (Å²) < 4.78 is 26.5. The molecule has 27 heavy (non-hydrogen) atoms. The maximum Gasteiger partial charge on any atom is 0.271 e. The van der Waals surface area contributed by atoms with Crippen LogP contribution in [-0.2, 0) is 10.0 Å². The molecular weight excluding hydrogens is 362 g/mol. The van der Waals surface area contributed by atoms with Crippen molar-refractivity contribution in [3.05, 3.63) is 65.7 Å². The van der Waals surface area contributed by atoms with Gasteiger partial charge in [0.25, 0.3) is 5.91 Å². The molecule has 7 heteroatoms. The minimum Gasteiger partial charge on any atom is -0.267 e. The van der Waals surface area contributed by atoms with Gasteiger partial charge in [-0.1, -0.05) is 57.2 Å². The van der Waals surface area contributed by atoms with E-state index in [-0.39, 0.29) is 16.4 Å². The van der Waals surface area contributed by atoms with Crippen LogP contribution in [-0.4, -0.2) is 37.9 Å². The molecule has 0 saturated heterocycles. The standard InChI is InChI=1S/C20H25N3O3S/c1-4-23(5-2)27(25,26)19-13-9-12-18(14-19)20(24)22-21-15-16(3)17-10-7-6-8-11-17/h6-16H,4-5H2,1-3H3,(H,22,24)/b21-15+. The fourth-order valence-corrected chi connectivity index (χ4v) is 4.13. The summed E-state index contributed by atoms with van der Waals surface area (Å²) in [4.78, 5) is 12.4. The molecule has 2 rings (SSSR count). The zero-order valence-electron chi connectivity index (χ0n) is 15.8. The fraction of sp³-hybridized carbons (Fsp3) is 0.300. The molecule has 0 aromatic heterocycles. The molecule has 0 aliphatic carbocycles. The van der Waals surface area contributed by atoms with E-state index in [0.29, 0.717) is 13.1 Å². The average molecular weight is 388 g/mol. The third-order valence-corrected chi connectivity index (χ3v) is 6.27. The lowest BCUT2D eigenvalue weighted by Gasteiger charge is -2.18. The molecule has 0 heterocycles. The summed E-state index contributed by atoms with van der Waals surface area (Å²) in [7, 11) is -3.61. The first kappa shape index (κ1) is 20.8. The van der Waals surface area contributed by atoms with Crippen molar-refractivity contribution in [2.75, 3.05) is 13.1 Å². The van der Waals surface area contributed by atoms with E-state index in [1.807, 2.05) is 37.3 Å². The van der Waals surface area contributed by atoms with E-state index in [0.717, 1.165) is 5.56 Å². The first-order valence-corrected chi connectivity index (χ1v) is 10.3. The van der Waals surface area contributed by atoms with Gasteiger partial charge in [0.1, 0.15) is 0 Å². The van der Waals surface area contributed by atoms with Crippen molar-refractivity contribution in [1.29, 1.82) is 0 Å².